The van der Waals surface area contributed by atoms with E-state index in [1.807, 2.05) is 0 Å². The van der Waals surface area contributed by atoms with E-state index >= 15 is 0 Å². The molecule has 21 heavy (non-hydrogen) atoms. The Morgan fingerprint density at radius 3 is 2.81 bits per heavy atom. The Labute approximate surface area is 120 Å². The lowest BCUT2D eigenvalue weighted by Crippen LogP contribution is -2.35. The van der Waals surface area contributed by atoms with Crippen LogP contribution in [0.15, 0.2) is 24.3 Å². The number of urea groups is 1. The molecule has 8 heteroatoms. The largest absolute Gasteiger partial charge is 0.394 e. The second kappa shape index (κ2) is 6.23. The molecule has 0 aliphatic heterocycles. The SMILES string of the molecule is Cc1c(NC(=O)NC(CO)c2ccccc2F)n[nH]c1N. The number of benzene rings is 1. The molecule has 7 nitrogen and oxygen atoms in total. The van der Waals surface area contributed by atoms with Gasteiger partial charge >= 0.3 is 6.03 Å². The number of nitrogens with one attached hydrogen (secondary N) is 3. The van der Waals surface area contributed by atoms with Gasteiger partial charge in [-0.2, -0.15) is 5.10 Å². The summed E-state index contributed by atoms with van der Waals surface area (Å²) >= 11 is 0. The number of rotatable bonds is 4. The Morgan fingerprint density at radius 1 is 1.52 bits per heavy atom. The van der Waals surface area contributed by atoms with Crippen LogP contribution in [-0.4, -0.2) is 27.9 Å². The molecule has 0 saturated carbocycles. The van der Waals surface area contributed by atoms with Gasteiger partial charge in [-0.05, 0) is 13.0 Å². The molecular weight excluding hydrogens is 277 g/mol. The van der Waals surface area contributed by atoms with Crippen LogP contribution in [0.2, 0.25) is 0 Å². The van der Waals surface area contributed by atoms with Gasteiger partial charge in [0.15, 0.2) is 5.82 Å². The van der Waals surface area contributed by atoms with Crippen LogP contribution < -0.4 is 16.4 Å². The van der Waals surface area contributed by atoms with Gasteiger partial charge in [0.2, 0.25) is 0 Å². The van der Waals surface area contributed by atoms with E-state index in [2.05, 4.69) is 20.8 Å². The van der Waals surface area contributed by atoms with Gasteiger partial charge < -0.3 is 16.2 Å². The van der Waals surface area contributed by atoms with Gasteiger partial charge in [-0.3, -0.25) is 10.4 Å². The van der Waals surface area contributed by atoms with Gasteiger partial charge in [-0.25, -0.2) is 9.18 Å². The minimum absolute atomic E-state index is 0.202. The van der Waals surface area contributed by atoms with Crippen molar-refractivity contribution in [3.05, 3.63) is 41.2 Å². The van der Waals surface area contributed by atoms with Gasteiger partial charge in [-0.15, -0.1) is 0 Å². The Balaban J connectivity index is 2.07. The highest BCUT2D eigenvalue weighted by Crippen LogP contribution is 2.18. The van der Waals surface area contributed by atoms with Crippen LogP contribution in [0.1, 0.15) is 17.2 Å². The topological polar surface area (TPSA) is 116 Å². The fraction of sp³-hybridized carbons (Fsp3) is 0.231. The Hall–Kier alpha value is -2.61. The summed E-state index contributed by atoms with van der Waals surface area (Å²) in [5.41, 5.74) is 6.37. The van der Waals surface area contributed by atoms with Crippen molar-refractivity contribution >= 4 is 17.7 Å². The Bertz CT molecular complexity index is 643. The number of hydrogen-bond acceptors (Lipinski definition) is 4. The molecule has 0 radical (unpaired) electrons. The maximum absolute atomic E-state index is 13.7. The lowest BCUT2D eigenvalue weighted by Gasteiger charge is -2.17. The molecule has 2 rings (SSSR count). The third-order valence-electron chi connectivity index (χ3n) is 3.05. The second-order valence-corrected chi connectivity index (χ2v) is 4.47. The van der Waals surface area contributed by atoms with E-state index in [0.717, 1.165) is 0 Å². The molecule has 0 fully saturated rings. The maximum atomic E-state index is 13.7. The highest BCUT2D eigenvalue weighted by atomic mass is 19.1. The first-order valence-electron chi connectivity index (χ1n) is 6.26. The number of aromatic amines is 1. The molecule has 0 spiro atoms. The molecule has 2 amide bonds. The number of nitrogens with zero attached hydrogens (tertiary/aromatic N) is 1. The van der Waals surface area contributed by atoms with Crippen LogP contribution in [0, 0.1) is 12.7 Å². The number of H-pyrrole nitrogens is 1. The third-order valence-corrected chi connectivity index (χ3v) is 3.05. The quantitative estimate of drug-likeness (QED) is 0.584. The van der Waals surface area contributed by atoms with Crippen LogP contribution in [-0.2, 0) is 0 Å². The van der Waals surface area contributed by atoms with E-state index in [1.54, 1.807) is 13.0 Å². The summed E-state index contributed by atoms with van der Waals surface area (Å²) < 4.78 is 13.7. The first kappa shape index (κ1) is 14.8. The van der Waals surface area contributed by atoms with Crippen LogP contribution in [0.5, 0.6) is 0 Å². The average molecular weight is 293 g/mol. The maximum Gasteiger partial charge on any atom is 0.321 e. The number of aromatic nitrogens is 2. The van der Waals surface area contributed by atoms with E-state index in [4.69, 9.17) is 5.73 Å². The molecule has 0 aliphatic rings. The lowest BCUT2D eigenvalue weighted by atomic mass is 10.1. The zero-order valence-electron chi connectivity index (χ0n) is 11.4. The molecule has 2 aromatic rings. The fourth-order valence-electron chi connectivity index (χ4n) is 1.81. The van der Waals surface area contributed by atoms with Crippen molar-refractivity contribution in [2.24, 2.45) is 0 Å². The minimum atomic E-state index is -0.859. The highest BCUT2D eigenvalue weighted by Gasteiger charge is 2.18. The summed E-state index contributed by atoms with van der Waals surface area (Å²) in [4.78, 5) is 11.9. The van der Waals surface area contributed by atoms with Crippen molar-refractivity contribution in [1.82, 2.24) is 15.5 Å². The van der Waals surface area contributed by atoms with E-state index in [1.165, 1.54) is 18.2 Å². The van der Waals surface area contributed by atoms with E-state index < -0.39 is 24.5 Å². The summed E-state index contributed by atoms with van der Waals surface area (Å²) in [6.45, 7) is 1.25. The molecule has 1 atom stereocenters. The fourth-order valence-corrected chi connectivity index (χ4v) is 1.81. The molecule has 6 N–H and O–H groups in total. The monoisotopic (exact) mass is 293 g/mol. The number of nitrogens with two attached hydrogens (primary N) is 1. The van der Waals surface area contributed by atoms with Gasteiger partial charge in [-0.1, -0.05) is 18.2 Å². The van der Waals surface area contributed by atoms with Crippen LogP contribution in [0.4, 0.5) is 20.8 Å². The lowest BCUT2D eigenvalue weighted by molar-refractivity contribution is 0.224. The van der Waals surface area contributed by atoms with Crippen LogP contribution >= 0.6 is 0 Å². The Kier molecular flexibility index (Phi) is 4.39. The first-order valence-corrected chi connectivity index (χ1v) is 6.26. The zero-order valence-corrected chi connectivity index (χ0v) is 11.4. The summed E-state index contributed by atoms with van der Waals surface area (Å²) in [6.07, 6.45) is 0. The minimum Gasteiger partial charge on any atom is -0.394 e. The van der Waals surface area contributed by atoms with E-state index in [9.17, 15) is 14.3 Å². The predicted molar refractivity (Wildman–Crippen MR) is 76.1 cm³/mol. The number of carbonyl (C=O) groups is 1. The standard InChI is InChI=1S/C13H16FN5O2/c1-7-11(15)18-19-12(7)17-13(21)16-10(6-20)8-4-2-3-5-9(8)14/h2-5,10,20H,6H2,1H3,(H5,15,16,17,18,19,21). The normalized spacial score (nSPS) is 12.0. The highest BCUT2D eigenvalue weighted by molar-refractivity contribution is 5.89. The summed E-state index contributed by atoms with van der Waals surface area (Å²) in [5, 5.41) is 20.6. The molecule has 112 valence electrons. The average Bonchev–Trinajstić information content (AvgIpc) is 2.77. The van der Waals surface area contributed by atoms with Crippen molar-refractivity contribution in [2.75, 3.05) is 17.7 Å². The van der Waals surface area contributed by atoms with Crippen LogP contribution in [0.3, 0.4) is 0 Å². The van der Waals surface area contributed by atoms with Gasteiger partial charge in [0, 0.05) is 11.1 Å². The van der Waals surface area contributed by atoms with Crippen LogP contribution in [0.25, 0.3) is 0 Å². The molecule has 1 aromatic carbocycles. The Morgan fingerprint density at radius 2 is 2.24 bits per heavy atom. The number of carbonyl (C=O) groups excluding carboxylic acids is 1. The van der Waals surface area contributed by atoms with E-state index in [0.29, 0.717) is 11.4 Å². The summed E-state index contributed by atoms with van der Waals surface area (Å²) in [7, 11) is 0. The summed E-state index contributed by atoms with van der Waals surface area (Å²) in [5.74, 6) is 0.116. The number of nitrogen functional groups attached to an aromatic ring is 1. The van der Waals surface area contributed by atoms with Gasteiger partial charge in [0.25, 0.3) is 0 Å². The predicted octanol–water partition coefficient (Wildman–Crippen LogP) is 1.29. The van der Waals surface area contributed by atoms with Crippen molar-refractivity contribution in [1.29, 1.82) is 0 Å². The molecule has 1 unspecified atom stereocenters. The number of halogens is 1. The number of aliphatic hydroxyl groups excluding tert-OH is 1. The molecule has 1 aromatic heterocycles. The third kappa shape index (κ3) is 3.29. The van der Waals surface area contributed by atoms with Gasteiger partial charge in [0.1, 0.15) is 11.6 Å². The van der Waals surface area contributed by atoms with Crippen molar-refractivity contribution < 1.29 is 14.3 Å². The van der Waals surface area contributed by atoms with Gasteiger partial charge in [0.05, 0.1) is 12.6 Å². The summed E-state index contributed by atoms with van der Waals surface area (Å²) in [6, 6.07) is 4.43. The molecule has 0 bridgehead atoms. The molecule has 0 aliphatic carbocycles. The second-order valence-electron chi connectivity index (χ2n) is 4.47. The van der Waals surface area contributed by atoms with Crippen molar-refractivity contribution in [3.8, 4) is 0 Å². The van der Waals surface area contributed by atoms with Crippen molar-refractivity contribution in [2.45, 2.75) is 13.0 Å². The molecule has 1 heterocycles. The first-order chi connectivity index (χ1) is 10.0. The number of hydrogen-bond donors (Lipinski definition) is 5. The number of amides is 2. The number of anilines is 2. The van der Waals surface area contributed by atoms with E-state index in [-0.39, 0.29) is 11.4 Å². The molecule has 0 saturated heterocycles. The van der Waals surface area contributed by atoms with Crippen molar-refractivity contribution in [3.63, 3.8) is 0 Å². The smallest absolute Gasteiger partial charge is 0.321 e. The number of aliphatic hydroxyl groups is 1. The zero-order chi connectivity index (χ0) is 15.4. The molecular formula is C13H16FN5O2.